The summed E-state index contributed by atoms with van der Waals surface area (Å²) in [5, 5.41) is 19.6. The highest BCUT2D eigenvalue weighted by Gasteiger charge is 2.29. The van der Waals surface area contributed by atoms with Crippen LogP contribution in [-0.4, -0.2) is 110 Å². The van der Waals surface area contributed by atoms with Crippen LogP contribution in [0.3, 0.4) is 0 Å². The van der Waals surface area contributed by atoms with Gasteiger partial charge in [0.15, 0.2) is 9.84 Å². The van der Waals surface area contributed by atoms with Gasteiger partial charge in [-0.25, -0.2) is 23.1 Å². The summed E-state index contributed by atoms with van der Waals surface area (Å²) in [6.45, 7) is 5.92. The fourth-order valence-corrected chi connectivity index (χ4v) is 6.44. The first kappa shape index (κ1) is 33.1. The number of nitrogens with zero attached hydrogens (tertiary/aromatic N) is 9. The summed E-state index contributed by atoms with van der Waals surface area (Å²) in [6, 6.07) is 6.25. The van der Waals surface area contributed by atoms with E-state index in [1.807, 2.05) is 29.9 Å². The van der Waals surface area contributed by atoms with Gasteiger partial charge in [0, 0.05) is 43.3 Å². The van der Waals surface area contributed by atoms with Gasteiger partial charge in [0.25, 0.3) is 5.88 Å². The molecule has 0 spiro atoms. The predicted molar refractivity (Wildman–Crippen MR) is 175 cm³/mol. The molecule has 4 aromatic rings. The van der Waals surface area contributed by atoms with E-state index in [1.54, 1.807) is 23.1 Å². The Hall–Kier alpha value is -3.86. The molecule has 0 unspecified atom stereocenters. The van der Waals surface area contributed by atoms with Crippen molar-refractivity contribution < 1.29 is 22.6 Å². The maximum absolute atomic E-state index is 11.7. The molecule has 1 aromatic carbocycles. The van der Waals surface area contributed by atoms with Crippen LogP contribution >= 0.6 is 11.6 Å². The van der Waals surface area contributed by atoms with Crippen molar-refractivity contribution in [2.45, 2.75) is 57.3 Å². The van der Waals surface area contributed by atoms with Crippen molar-refractivity contribution >= 4 is 33.1 Å². The van der Waals surface area contributed by atoms with E-state index in [1.165, 1.54) is 12.6 Å². The number of sulfone groups is 1. The predicted octanol–water partition coefficient (Wildman–Crippen LogP) is 3.43. The Bertz CT molecular complexity index is 1710. The number of aromatic nitrogens is 8. The van der Waals surface area contributed by atoms with Crippen LogP contribution in [0.15, 0.2) is 43.1 Å². The number of hydrogen-bond acceptors (Lipinski definition) is 13. The first-order chi connectivity index (χ1) is 22.7. The van der Waals surface area contributed by atoms with Crippen LogP contribution in [0.25, 0.3) is 11.1 Å². The van der Waals surface area contributed by atoms with Crippen LogP contribution < -0.4 is 14.8 Å². The van der Waals surface area contributed by atoms with Crippen LogP contribution in [0.5, 0.6) is 11.6 Å². The van der Waals surface area contributed by atoms with Crippen molar-refractivity contribution in [2.24, 2.45) is 0 Å². The highest BCUT2D eigenvalue weighted by molar-refractivity contribution is 7.90. The molecule has 252 valence electrons. The summed E-state index contributed by atoms with van der Waals surface area (Å²) < 4.78 is 44.5. The molecule has 6 rings (SSSR count). The standard InChI is InChI=1S/C30H39ClN10O5S/c1-21(18-40-20-34-37-38-40)46-28-15-22(3-8-26(28)31)23-16-32-30(33-17-23)35-27-19-41(36-29(27)45-13-14-47(2,42)43)25-6-4-24(5-7-25)39-9-11-44-12-10-39/h3,8,15-17,19-21,24-25H,4-7,9-14,18H2,1-2H3,(H,32,33,35)/t21-,24-,25-/m0/s1. The summed E-state index contributed by atoms with van der Waals surface area (Å²) in [5.41, 5.74) is 2.17. The smallest absolute Gasteiger partial charge is 0.256 e. The largest absolute Gasteiger partial charge is 0.487 e. The van der Waals surface area contributed by atoms with E-state index >= 15 is 0 Å². The molecule has 1 N–H and O–H groups in total. The van der Waals surface area contributed by atoms with Crippen molar-refractivity contribution in [3.8, 4) is 22.8 Å². The van der Waals surface area contributed by atoms with Gasteiger partial charge < -0.3 is 19.5 Å². The van der Waals surface area contributed by atoms with E-state index in [4.69, 9.17) is 30.9 Å². The van der Waals surface area contributed by atoms with Crippen LogP contribution in [0.2, 0.25) is 5.02 Å². The summed E-state index contributed by atoms with van der Waals surface area (Å²) in [5.74, 6) is 1.07. The molecule has 2 fully saturated rings. The van der Waals surface area contributed by atoms with Gasteiger partial charge in [0.2, 0.25) is 5.95 Å². The fourth-order valence-electron chi connectivity index (χ4n) is 5.89. The number of ether oxygens (including phenoxy) is 3. The van der Waals surface area contributed by atoms with Crippen LogP contribution in [0, 0.1) is 0 Å². The van der Waals surface area contributed by atoms with Crippen molar-refractivity contribution in [3.05, 3.63) is 48.1 Å². The lowest BCUT2D eigenvalue weighted by molar-refractivity contribution is 0.00503. The number of morpholine rings is 1. The number of benzene rings is 1. The Labute approximate surface area is 278 Å². The summed E-state index contributed by atoms with van der Waals surface area (Å²) in [6.07, 6.45) is 11.9. The average molecular weight is 687 g/mol. The van der Waals surface area contributed by atoms with E-state index in [-0.39, 0.29) is 24.5 Å². The maximum Gasteiger partial charge on any atom is 0.256 e. The highest BCUT2D eigenvalue weighted by atomic mass is 35.5. The molecule has 3 aromatic heterocycles. The van der Waals surface area contributed by atoms with Gasteiger partial charge in [0.1, 0.15) is 30.5 Å². The second kappa shape index (κ2) is 14.9. The molecule has 4 heterocycles. The minimum absolute atomic E-state index is 0.0105. The van der Waals surface area contributed by atoms with Gasteiger partial charge in [-0.3, -0.25) is 9.58 Å². The number of rotatable bonds is 13. The normalized spacial score (nSPS) is 19.7. The van der Waals surface area contributed by atoms with Gasteiger partial charge in [-0.05, 0) is 60.7 Å². The number of anilines is 2. The van der Waals surface area contributed by atoms with Gasteiger partial charge in [-0.15, -0.1) is 10.2 Å². The Morgan fingerprint density at radius 1 is 1.09 bits per heavy atom. The lowest BCUT2D eigenvalue weighted by Gasteiger charge is -2.38. The molecule has 1 aliphatic heterocycles. The maximum atomic E-state index is 11.7. The molecule has 1 saturated heterocycles. The van der Waals surface area contributed by atoms with E-state index in [2.05, 4.69) is 35.7 Å². The van der Waals surface area contributed by atoms with Crippen LogP contribution in [-0.2, 0) is 21.1 Å². The zero-order valence-corrected chi connectivity index (χ0v) is 28.0. The first-order valence-electron chi connectivity index (χ1n) is 15.7. The topological polar surface area (TPSA) is 164 Å². The molecule has 1 aliphatic carbocycles. The lowest BCUT2D eigenvalue weighted by Crippen LogP contribution is -2.45. The molecule has 17 heteroatoms. The quantitative estimate of drug-likeness (QED) is 0.218. The van der Waals surface area contributed by atoms with Crippen LogP contribution in [0.1, 0.15) is 38.6 Å². The average Bonchev–Trinajstić information content (AvgIpc) is 3.72. The van der Waals surface area contributed by atoms with Gasteiger partial charge in [0.05, 0.1) is 42.8 Å². The summed E-state index contributed by atoms with van der Waals surface area (Å²) in [7, 11) is -3.20. The van der Waals surface area contributed by atoms with Gasteiger partial charge in [-0.1, -0.05) is 17.7 Å². The molecule has 0 radical (unpaired) electrons. The second-order valence-corrected chi connectivity index (χ2v) is 14.6. The summed E-state index contributed by atoms with van der Waals surface area (Å²) >= 11 is 6.43. The van der Waals surface area contributed by atoms with Crippen molar-refractivity contribution in [3.63, 3.8) is 0 Å². The number of hydrogen-bond donors (Lipinski definition) is 1. The first-order valence-corrected chi connectivity index (χ1v) is 18.1. The number of tetrazole rings is 1. The molecular formula is C30H39ClN10O5S. The molecule has 2 aliphatic rings. The molecule has 0 amide bonds. The monoisotopic (exact) mass is 686 g/mol. The minimum atomic E-state index is -3.20. The van der Waals surface area contributed by atoms with Gasteiger partial charge >= 0.3 is 0 Å². The molecule has 15 nitrogen and oxygen atoms in total. The minimum Gasteiger partial charge on any atom is -0.487 e. The van der Waals surface area contributed by atoms with Crippen molar-refractivity contribution in [2.75, 3.05) is 50.2 Å². The van der Waals surface area contributed by atoms with Gasteiger partial charge in [-0.2, -0.15) is 0 Å². The van der Waals surface area contributed by atoms with E-state index < -0.39 is 9.84 Å². The highest BCUT2D eigenvalue weighted by Crippen LogP contribution is 2.35. The Balaban J connectivity index is 1.13. The Morgan fingerprint density at radius 3 is 2.53 bits per heavy atom. The Kier molecular flexibility index (Phi) is 10.5. The number of nitrogens with one attached hydrogen (secondary N) is 1. The van der Waals surface area contributed by atoms with Crippen molar-refractivity contribution in [1.29, 1.82) is 0 Å². The third-order valence-electron chi connectivity index (χ3n) is 8.32. The third-order valence-corrected chi connectivity index (χ3v) is 9.54. The third kappa shape index (κ3) is 8.94. The number of halogens is 1. The second-order valence-electron chi connectivity index (χ2n) is 11.9. The van der Waals surface area contributed by atoms with E-state index in [0.717, 1.165) is 63.1 Å². The SMILES string of the molecule is C[C@@H](Cn1cnnn1)Oc1cc(-c2cnc(Nc3cn([C@H]4CC[C@H](N5CCOCC5)CC4)nc3OCCS(C)(=O)=O)nc2)ccc1Cl. The van der Waals surface area contributed by atoms with E-state index in [0.29, 0.717) is 40.9 Å². The zero-order chi connectivity index (χ0) is 32.8. The Morgan fingerprint density at radius 2 is 1.83 bits per heavy atom. The molecule has 1 saturated carbocycles. The lowest BCUT2D eigenvalue weighted by atomic mass is 9.90. The molecule has 1 atom stereocenters. The summed E-state index contributed by atoms with van der Waals surface area (Å²) in [4.78, 5) is 11.6. The molecular weight excluding hydrogens is 648 g/mol. The molecule has 47 heavy (non-hydrogen) atoms. The zero-order valence-electron chi connectivity index (χ0n) is 26.4. The fraction of sp³-hybridized carbons (Fsp3) is 0.533. The van der Waals surface area contributed by atoms with E-state index in [9.17, 15) is 8.42 Å². The van der Waals surface area contributed by atoms with Crippen LogP contribution in [0.4, 0.5) is 11.6 Å². The molecule has 0 bridgehead atoms. The van der Waals surface area contributed by atoms with Crippen molar-refractivity contribution in [1.82, 2.24) is 44.9 Å².